The number of hydrogen-bond acceptors (Lipinski definition) is 3. The van der Waals surface area contributed by atoms with Gasteiger partial charge in [-0.25, -0.2) is 0 Å². The van der Waals surface area contributed by atoms with Crippen LogP contribution in [0.3, 0.4) is 0 Å². The van der Waals surface area contributed by atoms with Crippen molar-refractivity contribution < 1.29 is 9.66 Å². The van der Waals surface area contributed by atoms with E-state index in [2.05, 4.69) is 4.98 Å². The Morgan fingerprint density at radius 2 is 2.29 bits per heavy atom. The summed E-state index contributed by atoms with van der Waals surface area (Å²) in [5.41, 5.74) is 1.86. The number of nitrogens with one attached hydrogen (secondary N) is 1. The number of nitro groups is 1. The number of nitrogens with zero attached hydrogens (tertiary/aromatic N) is 1. The number of H-pyrrole nitrogens is 1. The fraction of sp³-hybridized carbons (Fsp3) is 0.333. The van der Waals surface area contributed by atoms with Crippen LogP contribution < -0.4 is 4.74 Å². The van der Waals surface area contributed by atoms with Crippen LogP contribution in [-0.2, 0) is 6.42 Å². The van der Waals surface area contributed by atoms with Crippen molar-refractivity contribution in [3.63, 3.8) is 0 Å². The molecule has 2 rings (SSSR count). The fourth-order valence-electron chi connectivity index (χ4n) is 1.94. The molecular weight excluding hydrogens is 220 g/mol. The zero-order chi connectivity index (χ0) is 12.4. The lowest BCUT2D eigenvalue weighted by Crippen LogP contribution is -2.17. The molecule has 1 N–H and O–H groups in total. The molecule has 90 valence electrons. The Labute approximate surface area is 98.5 Å². The highest BCUT2D eigenvalue weighted by Gasteiger charge is 2.17. The zero-order valence-electron chi connectivity index (χ0n) is 9.77. The number of rotatable bonds is 4. The highest BCUT2D eigenvalue weighted by molar-refractivity contribution is 5.89. The summed E-state index contributed by atoms with van der Waals surface area (Å²) in [6.45, 7) is 1.61. The first-order valence-electron chi connectivity index (χ1n) is 5.40. The molecule has 17 heavy (non-hydrogen) atoms. The highest BCUT2D eigenvalue weighted by Crippen LogP contribution is 2.29. The van der Waals surface area contributed by atoms with E-state index in [1.807, 2.05) is 24.4 Å². The number of fused-ring (bicyclic) bond motifs is 1. The normalized spacial score (nSPS) is 12.6. The molecule has 0 spiro atoms. The first kappa shape index (κ1) is 11.4. The summed E-state index contributed by atoms with van der Waals surface area (Å²) in [6, 6.07) is 5.08. The predicted molar refractivity (Wildman–Crippen MR) is 65.0 cm³/mol. The van der Waals surface area contributed by atoms with Crippen LogP contribution in [0.15, 0.2) is 24.4 Å². The van der Waals surface area contributed by atoms with Crippen molar-refractivity contribution in [3.05, 3.63) is 40.1 Å². The molecule has 0 saturated heterocycles. The molecule has 1 heterocycles. The van der Waals surface area contributed by atoms with Crippen LogP contribution in [0.2, 0.25) is 0 Å². The van der Waals surface area contributed by atoms with E-state index < -0.39 is 6.04 Å². The number of aromatic amines is 1. The van der Waals surface area contributed by atoms with E-state index in [0.717, 1.165) is 22.2 Å². The van der Waals surface area contributed by atoms with Gasteiger partial charge in [-0.05, 0) is 17.7 Å². The predicted octanol–water partition coefficient (Wildman–Crippen LogP) is 2.38. The van der Waals surface area contributed by atoms with Crippen LogP contribution >= 0.6 is 0 Å². The van der Waals surface area contributed by atoms with E-state index in [4.69, 9.17) is 4.74 Å². The molecule has 2 aromatic rings. The molecule has 0 aliphatic heterocycles. The maximum atomic E-state index is 10.7. The average Bonchev–Trinajstić information content (AvgIpc) is 2.72. The van der Waals surface area contributed by atoms with E-state index in [0.29, 0.717) is 6.42 Å². The smallest absolute Gasteiger partial charge is 0.214 e. The quantitative estimate of drug-likeness (QED) is 0.652. The van der Waals surface area contributed by atoms with Crippen LogP contribution in [0.25, 0.3) is 10.9 Å². The zero-order valence-corrected chi connectivity index (χ0v) is 9.77. The second-order valence-electron chi connectivity index (χ2n) is 4.04. The van der Waals surface area contributed by atoms with E-state index in [1.165, 1.54) is 0 Å². The van der Waals surface area contributed by atoms with Gasteiger partial charge in [0.2, 0.25) is 6.04 Å². The molecule has 5 heteroatoms. The maximum Gasteiger partial charge on any atom is 0.214 e. The summed E-state index contributed by atoms with van der Waals surface area (Å²) in [7, 11) is 1.60. The average molecular weight is 234 g/mol. The summed E-state index contributed by atoms with van der Waals surface area (Å²) >= 11 is 0. The van der Waals surface area contributed by atoms with Crippen molar-refractivity contribution in [1.82, 2.24) is 4.98 Å². The third-order valence-electron chi connectivity index (χ3n) is 2.84. The molecule has 1 unspecified atom stereocenters. The van der Waals surface area contributed by atoms with E-state index >= 15 is 0 Å². The van der Waals surface area contributed by atoms with Gasteiger partial charge in [0, 0.05) is 35.4 Å². The SMILES string of the molecule is COc1cccc2[nH]cc(CC(C)[N+](=O)[O-])c12. The molecule has 0 bridgehead atoms. The van der Waals surface area contributed by atoms with Gasteiger partial charge in [0.1, 0.15) is 5.75 Å². The Hall–Kier alpha value is -2.04. The first-order valence-corrected chi connectivity index (χ1v) is 5.40. The number of aromatic nitrogens is 1. The molecule has 1 aromatic carbocycles. The van der Waals surface area contributed by atoms with Gasteiger partial charge >= 0.3 is 0 Å². The fourth-order valence-corrected chi connectivity index (χ4v) is 1.94. The van der Waals surface area contributed by atoms with Gasteiger partial charge in [-0.1, -0.05) is 6.07 Å². The summed E-state index contributed by atoms with van der Waals surface area (Å²) in [6.07, 6.45) is 2.21. The van der Waals surface area contributed by atoms with Crippen molar-refractivity contribution in [2.45, 2.75) is 19.4 Å². The largest absolute Gasteiger partial charge is 0.496 e. The second-order valence-corrected chi connectivity index (χ2v) is 4.04. The molecule has 1 atom stereocenters. The second kappa shape index (κ2) is 4.45. The molecule has 0 radical (unpaired) electrons. The Balaban J connectivity index is 2.44. The third kappa shape index (κ3) is 2.08. The molecule has 5 nitrogen and oxygen atoms in total. The Kier molecular flexibility index (Phi) is 2.99. The van der Waals surface area contributed by atoms with Crippen LogP contribution in [-0.4, -0.2) is 23.1 Å². The summed E-state index contributed by atoms with van der Waals surface area (Å²) in [5.74, 6) is 0.745. The number of ether oxygens (including phenoxy) is 1. The van der Waals surface area contributed by atoms with Crippen LogP contribution in [0.4, 0.5) is 0 Å². The van der Waals surface area contributed by atoms with Crippen LogP contribution in [0.5, 0.6) is 5.75 Å². The number of benzene rings is 1. The lowest BCUT2D eigenvalue weighted by Gasteiger charge is -2.05. The van der Waals surface area contributed by atoms with Crippen molar-refractivity contribution in [3.8, 4) is 5.75 Å². The van der Waals surface area contributed by atoms with Crippen molar-refractivity contribution in [2.75, 3.05) is 7.11 Å². The Bertz CT molecular complexity index is 548. The summed E-state index contributed by atoms with van der Waals surface area (Å²) in [4.78, 5) is 13.5. The first-order chi connectivity index (χ1) is 8.13. The topological polar surface area (TPSA) is 68.2 Å². The van der Waals surface area contributed by atoms with Crippen molar-refractivity contribution in [2.24, 2.45) is 0 Å². The van der Waals surface area contributed by atoms with E-state index in [1.54, 1.807) is 14.0 Å². The molecule has 0 aliphatic rings. The summed E-state index contributed by atoms with van der Waals surface area (Å²) < 4.78 is 5.28. The van der Waals surface area contributed by atoms with Crippen molar-refractivity contribution >= 4 is 10.9 Å². The maximum absolute atomic E-state index is 10.7. The molecule has 0 saturated carbocycles. The minimum absolute atomic E-state index is 0.270. The molecule has 0 aliphatic carbocycles. The van der Waals surface area contributed by atoms with Crippen molar-refractivity contribution in [1.29, 1.82) is 0 Å². The highest BCUT2D eigenvalue weighted by atomic mass is 16.6. The van der Waals surface area contributed by atoms with Gasteiger partial charge in [-0.2, -0.15) is 0 Å². The summed E-state index contributed by atoms with van der Waals surface area (Å²) in [5, 5.41) is 11.6. The van der Waals surface area contributed by atoms with Crippen LogP contribution in [0, 0.1) is 10.1 Å². The minimum Gasteiger partial charge on any atom is -0.496 e. The number of methoxy groups -OCH3 is 1. The minimum atomic E-state index is -0.598. The molecule has 0 amide bonds. The van der Waals surface area contributed by atoms with Gasteiger partial charge in [0.05, 0.1) is 7.11 Å². The third-order valence-corrected chi connectivity index (χ3v) is 2.84. The lowest BCUT2D eigenvalue weighted by atomic mass is 10.1. The van der Waals surface area contributed by atoms with E-state index in [9.17, 15) is 10.1 Å². The Morgan fingerprint density at radius 3 is 2.94 bits per heavy atom. The molecule has 1 aromatic heterocycles. The molecular formula is C12H14N2O3. The Morgan fingerprint density at radius 1 is 1.53 bits per heavy atom. The lowest BCUT2D eigenvalue weighted by molar-refractivity contribution is -0.517. The van der Waals surface area contributed by atoms with E-state index in [-0.39, 0.29) is 4.92 Å². The van der Waals surface area contributed by atoms with Crippen LogP contribution in [0.1, 0.15) is 12.5 Å². The monoisotopic (exact) mass is 234 g/mol. The van der Waals surface area contributed by atoms with Gasteiger partial charge in [0.25, 0.3) is 0 Å². The van der Waals surface area contributed by atoms with Gasteiger partial charge in [0.15, 0.2) is 0 Å². The molecule has 0 fully saturated rings. The number of hydrogen-bond donors (Lipinski definition) is 1. The van der Waals surface area contributed by atoms with Gasteiger partial charge < -0.3 is 9.72 Å². The standard InChI is InChI=1S/C12H14N2O3/c1-8(14(15)16)6-9-7-13-10-4-3-5-11(17-2)12(9)10/h3-5,7-8,13H,6H2,1-2H3. The van der Waals surface area contributed by atoms with Gasteiger partial charge in [-0.3, -0.25) is 10.1 Å². The van der Waals surface area contributed by atoms with Gasteiger partial charge in [-0.15, -0.1) is 0 Å².